The van der Waals surface area contributed by atoms with Crippen molar-refractivity contribution in [3.05, 3.63) is 53.9 Å². The van der Waals surface area contributed by atoms with Gasteiger partial charge < -0.3 is 20.1 Å². The topological polar surface area (TPSA) is 113 Å². The quantitative estimate of drug-likeness (QED) is 0.274. The number of Topliss-reactive ketones (excluding diaryl/α,β-unsaturated/α-hetero) is 1. The Morgan fingerprint density at radius 2 is 1.90 bits per heavy atom. The molecule has 1 aliphatic rings. The minimum absolute atomic E-state index is 0.0214. The van der Waals surface area contributed by atoms with E-state index in [0.717, 1.165) is 0 Å². The molecular formula is C27H26F3N5O4. The van der Waals surface area contributed by atoms with Gasteiger partial charge in [0.05, 0.1) is 43.1 Å². The summed E-state index contributed by atoms with van der Waals surface area (Å²) in [7, 11) is 3.01. The third-order valence-corrected chi connectivity index (χ3v) is 6.36. The van der Waals surface area contributed by atoms with Crippen LogP contribution in [-0.4, -0.2) is 64.8 Å². The normalized spacial score (nSPS) is 15.1. The number of alkyl halides is 3. The monoisotopic (exact) mass is 541 g/mol. The number of fused-ring (bicyclic) bond motifs is 1. The van der Waals surface area contributed by atoms with E-state index in [4.69, 9.17) is 15.2 Å². The first-order valence-electron chi connectivity index (χ1n) is 12.0. The molecule has 2 aromatic heterocycles. The smallest absolute Gasteiger partial charge is 0.389 e. The van der Waals surface area contributed by atoms with Gasteiger partial charge in [0.15, 0.2) is 5.78 Å². The van der Waals surface area contributed by atoms with Crippen molar-refractivity contribution in [3.8, 4) is 23.3 Å². The van der Waals surface area contributed by atoms with Crippen LogP contribution in [-0.2, 0) is 4.79 Å². The molecule has 2 N–H and O–H groups in total. The van der Waals surface area contributed by atoms with E-state index in [1.807, 2.05) is 0 Å². The van der Waals surface area contributed by atoms with Gasteiger partial charge in [0.2, 0.25) is 5.91 Å². The molecule has 204 valence electrons. The highest BCUT2D eigenvalue weighted by Gasteiger charge is 2.32. The van der Waals surface area contributed by atoms with Gasteiger partial charge in [-0.25, -0.2) is 4.98 Å². The molecule has 0 unspecified atom stereocenters. The molecule has 0 saturated carbocycles. The summed E-state index contributed by atoms with van der Waals surface area (Å²) in [4.78, 5) is 30.8. The number of carbonyl (C=O) groups excluding carboxylic acids is 2. The number of carbonyl (C=O) groups is 2. The molecule has 1 amide bonds. The number of ketones is 1. The summed E-state index contributed by atoms with van der Waals surface area (Å²) in [5, 5.41) is 4.88. The zero-order valence-corrected chi connectivity index (χ0v) is 21.3. The SMILES string of the molecule is C=CC(=O)N1CC[C@H](n2nc(C#Cc3cc(OC)cc(OC)c3)c3c(N)ncc(C(=O)CCC(F)(F)F)c32)C1. The number of rotatable bonds is 7. The molecule has 1 saturated heterocycles. The molecule has 1 aliphatic heterocycles. The predicted octanol–water partition coefficient (Wildman–Crippen LogP) is 3.92. The molecule has 1 fully saturated rings. The molecule has 12 heteroatoms. The zero-order valence-electron chi connectivity index (χ0n) is 21.3. The molecule has 4 rings (SSSR count). The first-order chi connectivity index (χ1) is 18.5. The number of likely N-dealkylation sites (tertiary alicyclic amines) is 1. The van der Waals surface area contributed by atoms with Crippen molar-refractivity contribution in [2.45, 2.75) is 31.5 Å². The summed E-state index contributed by atoms with van der Waals surface area (Å²) >= 11 is 0. The lowest BCUT2D eigenvalue weighted by Gasteiger charge is -2.16. The molecule has 9 nitrogen and oxygen atoms in total. The van der Waals surface area contributed by atoms with E-state index in [9.17, 15) is 22.8 Å². The second-order valence-electron chi connectivity index (χ2n) is 8.89. The number of amides is 1. The molecule has 0 bridgehead atoms. The highest BCUT2D eigenvalue weighted by molar-refractivity contribution is 6.10. The van der Waals surface area contributed by atoms with E-state index >= 15 is 0 Å². The molecule has 1 aromatic carbocycles. The van der Waals surface area contributed by atoms with Crippen molar-refractivity contribution >= 4 is 28.4 Å². The summed E-state index contributed by atoms with van der Waals surface area (Å²) in [5.74, 6) is 5.99. The third-order valence-electron chi connectivity index (χ3n) is 6.36. The van der Waals surface area contributed by atoms with E-state index in [1.165, 1.54) is 31.2 Å². The zero-order chi connectivity index (χ0) is 28.3. The Morgan fingerprint density at radius 1 is 1.21 bits per heavy atom. The minimum Gasteiger partial charge on any atom is -0.497 e. The number of nitrogens with two attached hydrogens (primary N) is 1. The van der Waals surface area contributed by atoms with E-state index < -0.39 is 24.8 Å². The predicted molar refractivity (Wildman–Crippen MR) is 138 cm³/mol. The number of hydrogen-bond donors (Lipinski definition) is 1. The van der Waals surface area contributed by atoms with E-state index in [-0.39, 0.29) is 46.5 Å². The molecular weight excluding hydrogens is 515 g/mol. The van der Waals surface area contributed by atoms with Crippen molar-refractivity contribution in [1.82, 2.24) is 19.7 Å². The lowest BCUT2D eigenvalue weighted by atomic mass is 10.0. The minimum atomic E-state index is -4.50. The Morgan fingerprint density at radius 3 is 2.51 bits per heavy atom. The Balaban J connectivity index is 1.85. The summed E-state index contributed by atoms with van der Waals surface area (Å²) in [6, 6.07) is 4.70. The van der Waals surface area contributed by atoms with Gasteiger partial charge >= 0.3 is 6.18 Å². The Kier molecular flexibility index (Phi) is 7.80. The van der Waals surface area contributed by atoms with Crippen LogP contribution in [0.2, 0.25) is 0 Å². The summed E-state index contributed by atoms with van der Waals surface area (Å²) in [6.45, 7) is 4.19. The third kappa shape index (κ3) is 5.98. The van der Waals surface area contributed by atoms with Crippen molar-refractivity contribution in [2.75, 3.05) is 33.0 Å². The Labute approximate surface area is 222 Å². The van der Waals surface area contributed by atoms with Crippen LogP contribution in [0.15, 0.2) is 37.1 Å². The number of benzene rings is 1. The van der Waals surface area contributed by atoms with Crippen molar-refractivity contribution in [3.63, 3.8) is 0 Å². The molecule has 0 spiro atoms. The maximum atomic E-state index is 13.0. The van der Waals surface area contributed by atoms with Gasteiger partial charge in [0.1, 0.15) is 23.0 Å². The van der Waals surface area contributed by atoms with Gasteiger partial charge in [-0.05, 0) is 30.6 Å². The average Bonchev–Trinajstić information content (AvgIpc) is 3.55. The van der Waals surface area contributed by atoms with Gasteiger partial charge in [-0.2, -0.15) is 18.3 Å². The molecule has 0 aliphatic carbocycles. The first kappa shape index (κ1) is 27.5. The van der Waals surface area contributed by atoms with Crippen LogP contribution in [0.5, 0.6) is 11.5 Å². The molecule has 3 aromatic rings. The van der Waals surface area contributed by atoms with Crippen LogP contribution < -0.4 is 15.2 Å². The van der Waals surface area contributed by atoms with Crippen molar-refractivity contribution < 1.29 is 32.2 Å². The largest absolute Gasteiger partial charge is 0.497 e. The standard InChI is InChI=1S/C27H26F3N5O4/c1-4-23(37)34-10-8-17(15-34)35-25-20(22(36)7-9-27(28,29)30)14-32-26(31)24(25)21(33-35)6-5-16-11-18(38-2)13-19(12-16)39-3/h4,11-14,17H,1,7-10,15H2,2-3H3,(H2,31,32)/t17-/m0/s1. The van der Waals surface area contributed by atoms with Crippen molar-refractivity contribution in [1.29, 1.82) is 0 Å². The summed E-state index contributed by atoms with van der Waals surface area (Å²) in [6.07, 6.45) is -3.67. The van der Waals surface area contributed by atoms with Gasteiger partial charge in [0, 0.05) is 37.3 Å². The van der Waals surface area contributed by atoms with Crippen LogP contribution in [0.1, 0.15) is 46.9 Å². The van der Waals surface area contributed by atoms with Gasteiger partial charge in [-0.3, -0.25) is 14.3 Å². The lowest BCUT2D eigenvalue weighted by molar-refractivity contribution is -0.133. The van der Waals surface area contributed by atoms with Crippen LogP contribution in [0.4, 0.5) is 19.0 Å². The van der Waals surface area contributed by atoms with Crippen LogP contribution >= 0.6 is 0 Å². The van der Waals surface area contributed by atoms with Gasteiger partial charge in [-0.15, -0.1) is 0 Å². The first-order valence-corrected chi connectivity index (χ1v) is 12.0. The van der Waals surface area contributed by atoms with Crippen LogP contribution in [0.25, 0.3) is 10.9 Å². The Hall–Kier alpha value is -4.53. The number of hydrogen-bond acceptors (Lipinski definition) is 7. The van der Waals surface area contributed by atoms with Crippen molar-refractivity contribution in [2.24, 2.45) is 0 Å². The second-order valence-corrected chi connectivity index (χ2v) is 8.89. The molecule has 39 heavy (non-hydrogen) atoms. The lowest BCUT2D eigenvalue weighted by Crippen LogP contribution is -2.27. The van der Waals surface area contributed by atoms with Crippen LogP contribution in [0, 0.1) is 11.8 Å². The highest BCUT2D eigenvalue weighted by Crippen LogP contribution is 2.33. The number of nitrogens with zero attached hydrogens (tertiary/aromatic N) is 4. The highest BCUT2D eigenvalue weighted by atomic mass is 19.4. The summed E-state index contributed by atoms with van der Waals surface area (Å²) < 4.78 is 50.7. The molecule has 3 heterocycles. The fourth-order valence-electron chi connectivity index (χ4n) is 4.42. The molecule has 1 atom stereocenters. The van der Waals surface area contributed by atoms with Crippen LogP contribution in [0.3, 0.4) is 0 Å². The summed E-state index contributed by atoms with van der Waals surface area (Å²) in [5.41, 5.74) is 7.13. The fourth-order valence-corrected chi connectivity index (χ4v) is 4.42. The molecule has 0 radical (unpaired) electrons. The Bertz CT molecular complexity index is 1480. The number of halogens is 3. The van der Waals surface area contributed by atoms with Gasteiger partial charge in [-0.1, -0.05) is 12.5 Å². The van der Waals surface area contributed by atoms with E-state index in [0.29, 0.717) is 30.0 Å². The van der Waals surface area contributed by atoms with E-state index in [2.05, 4.69) is 28.5 Å². The second kappa shape index (κ2) is 11.1. The number of methoxy groups -OCH3 is 2. The fraction of sp³-hybridized carbons (Fsp3) is 0.333. The number of anilines is 1. The van der Waals surface area contributed by atoms with Gasteiger partial charge in [0.25, 0.3) is 0 Å². The number of pyridine rings is 1. The number of nitrogen functional groups attached to an aromatic ring is 1. The maximum Gasteiger partial charge on any atom is 0.389 e. The maximum absolute atomic E-state index is 13.0. The number of ether oxygens (including phenoxy) is 2. The van der Waals surface area contributed by atoms with E-state index in [1.54, 1.807) is 23.1 Å². The number of aromatic nitrogens is 3. The average molecular weight is 542 g/mol.